The molecule has 3 rings (SSSR count). The molecule has 3 aromatic rings. The number of H-pyrrole nitrogens is 1. The quantitative estimate of drug-likeness (QED) is 0.704. The van der Waals surface area contributed by atoms with Gasteiger partial charge in [0.1, 0.15) is 5.82 Å². The van der Waals surface area contributed by atoms with E-state index < -0.39 is 15.4 Å². The van der Waals surface area contributed by atoms with Crippen LogP contribution in [0.4, 0.5) is 4.39 Å². The maximum atomic E-state index is 13.6. The normalized spacial score (nSPS) is 12.7. The number of aryl methyl sites for hydroxylation is 2. The molecule has 138 valence electrons. The van der Waals surface area contributed by atoms with Crippen molar-refractivity contribution in [3.8, 4) is 0 Å². The molecule has 0 atom stereocenters. The number of rotatable bonds is 5. The van der Waals surface area contributed by atoms with E-state index >= 15 is 0 Å². The summed E-state index contributed by atoms with van der Waals surface area (Å²) in [6.07, 6.45) is 1.82. The zero-order valence-electron chi connectivity index (χ0n) is 15.4. The Bertz CT molecular complexity index is 1070. The molecule has 0 radical (unpaired) electrons. The van der Waals surface area contributed by atoms with Crippen LogP contribution in [0.2, 0.25) is 0 Å². The number of fused-ring (bicyclic) bond motifs is 1. The monoisotopic (exact) mass is 374 g/mol. The summed E-state index contributed by atoms with van der Waals surface area (Å²) in [6, 6.07) is 9.82. The summed E-state index contributed by atoms with van der Waals surface area (Å²) in [6.45, 7) is 7.79. The van der Waals surface area contributed by atoms with Crippen molar-refractivity contribution in [1.29, 1.82) is 0 Å². The smallest absolute Gasteiger partial charge is 0.240 e. The van der Waals surface area contributed by atoms with E-state index in [2.05, 4.69) is 9.71 Å². The largest absolute Gasteiger partial charge is 0.361 e. The van der Waals surface area contributed by atoms with Gasteiger partial charge < -0.3 is 4.98 Å². The van der Waals surface area contributed by atoms with Gasteiger partial charge in [-0.3, -0.25) is 0 Å². The third kappa shape index (κ3) is 3.52. The summed E-state index contributed by atoms with van der Waals surface area (Å²) in [5.41, 5.74) is 2.91. The zero-order chi connectivity index (χ0) is 19.1. The van der Waals surface area contributed by atoms with Crippen LogP contribution in [-0.2, 0) is 15.4 Å². The lowest BCUT2D eigenvalue weighted by Gasteiger charge is -2.25. The van der Waals surface area contributed by atoms with E-state index in [1.54, 1.807) is 25.1 Å². The molecule has 26 heavy (non-hydrogen) atoms. The number of hydrogen-bond donors (Lipinski definition) is 2. The van der Waals surface area contributed by atoms with Gasteiger partial charge in [-0.2, -0.15) is 0 Å². The molecule has 0 saturated carbocycles. The van der Waals surface area contributed by atoms with Gasteiger partial charge in [-0.1, -0.05) is 31.5 Å². The second kappa shape index (κ2) is 6.52. The molecule has 1 aromatic heterocycles. The third-order valence-electron chi connectivity index (χ3n) is 4.70. The number of hydrogen-bond acceptors (Lipinski definition) is 2. The van der Waals surface area contributed by atoms with Crippen LogP contribution in [0.3, 0.4) is 0 Å². The minimum absolute atomic E-state index is 0.201. The van der Waals surface area contributed by atoms with Crippen molar-refractivity contribution in [3.05, 3.63) is 65.1 Å². The molecule has 0 spiro atoms. The van der Waals surface area contributed by atoms with Crippen LogP contribution >= 0.6 is 0 Å². The molecule has 0 aliphatic carbocycles. The zero-order valence-corrected chi connectivity index (χ0v) is 16.2. The van der Waals surface area contributed by atoms with Crippen molar-refractivity contribution in [2.75, 3.05) is 6.54 Å². The van der Waals surface area contributed by atoms with Crippen molar-refractivity contribution in [2.45, 2.75) is 38.0 Å². The highest BCUT2D eigenvalue weighted by atomic mass is 32.2. The fraction of sp³-hybridized carbons (Fsp3) is 0.300. The highest BCUT2D eigenvalue weighted by molar-refractivity contribution is 7.89. The maximum Gasteiger partial charge on any atom is 0.240 e. The topological polar surface area (TPSA) is 62.0 Å². The Balaban J connectivity index is 1.88. The van der Waals surface area contributed by atoms with Crippen molar-refractivity contribution in [1.82, 2.24) is 9.71 Å². The lowest BCUT2D eigenvalue weighted by molar-refractivity contribution is 0.504. The molecule has 6 heteroatoms. The fourth-order valence-electron chi connectivity index (χ4n) is 3.20. The molecule has 0 bridgehead atoms. The first-order valence-electron chi connectivity index (χ1n) is 8.44. The molecule has 2 aromatic carbocycles. The molecule has 0 amide bonds. The fourth-order valence-corrected chi connectivity index (χ4v) is 4.64. The third-order valence-corrected chi connectivity index (χ3v) is 6.26. The number of aromatic nitrogens is 1. The second-order valence-electron chi connectivity index (χ2n) is 7.37. The van der Waals surface area contributed by atoms with Crippen LogP contribution in [0.25, 0.3) is 10.9 Å². The van der Waals surface area contributed by atoms with Crippen LogP contribution < -0.4 is 4.72 Å². The first-order chi connectivity index (χ1) is 12.1. The predicted molar refractivity (Wildman–Crippen MR) is 102 cm³/mol. The van der Waals surface area contributed by atoms with Gasteiger partial charge in [0.15, 0.2) is 0 Å². The van der Waals surface area contributed by atoms with Crippen LogP contribution in [0, 0.1) is 19.7 Å². The van der Waals surface area contributed by atoms with Crippen LogP contribution in [0.1, 0.15) is 30.5 Å². The van der Waals surface area contributed by atoms with E-state index in [-0.39, 0.29) is 17.3 Å². The molecule has 4 nitrogen and oxygen atoms in total. The molecular weight excluding hydrogens is 351 g/mol. The Morgan fingerprint density at radius 3 is 2.54 bits per heavy atom. The van der Waals surface area contributed by atoms with Crippen molar-refractivity contribution in [3.63, 3.8) is 0 Å². The highest BCUT2D eigenvalue weighted by Crippen LogP contribution is 2.31. The molecule has 2 N–H and O–H groups in total. The van der Waals surface area contributed by atoms with E-state index in [0.29, 0.717) is 5.56 Å². The van der Waals surface area contributed by atoms with Gasteiger partial charge in [0.25, 0.3) is 0 Å². The van der Waals surface area contributed by atoms with Gasteiger partial charge in [-0.25, -0.2) is 17.5 Å². The molecule has 0 aliphatic heterocycles. The lowest BCUT2D eigenvalue weighted by atomic mass is 9.85. The average molecular weight is 374 g/mol. The molecule has 0 unspecified atom stereocenters. The molecule has 0 aliphatic rings. The van der Waals surface area contributed by atoms with Gasteiger partial charge in [0.05, 0.1) is 4.90 Å². The van der Waals surface area contributed by atoms with Gasteiger partial charge in [-0.15, -0.1) is 0 Å². The van der Waals surface area contributed by atoms with Crippen LogP contribution in [0.15, 0.2) is 47.5 Å². The average Bonchev–Trinajstić information content (AvgIpc) is 2.96. The van der Waals surface area contributed by atoms with Crippen molar-refractivity contribution >= 4 is 20.9 Å². The van der Waals surface area contributed by atoms with Crippen LogP contribution in [0.5, 0.6) is 0 Å². The molecule has 0 saturated heterocycles. The summed E-state index contributed by atoms with van der Waals surface area (Å²) < 4.78 is 41.8. The van der Waals surface area contributed by atoms with E-state index in [1.165, 1.54) is 12.1 Å². The van der Waals surface area contributed by atoms with Gasteiger partial charge in [0, 0.05) is 29.1 Å². The summed E-state index contributed by atoms with van der Waals surface area (Å²) in [7, 11) is -3.63. The first-order valence-corrected chi connectivity index (χ1v) is 9.92. The van der Waals surface area contributed by atoms with Crippen LogP contribution in [-0.4, -0.2) is 19.9 Å². The van der Waals surface area contributed by atoms with Gasteiger partial charge >= 0.3 is 0 Å². The number of benzene rings is 2. The molecular formula is C20H23FN2O2S. The summed E-state index contributed by atoms with van der Waals surface area (Å²) >= 11 is 0. The number of halogens is 1. The summed E-state index contributed by atoms with van der Waals surface area (Å²) in [5.74, 6) is -0.315. The molecule has 1 heterocycles. The SMILES string of the molecule is Cc1ccc(S(=O)(=O)NCC(C)(C)c2c[nH]c3ccc(F)cc23)c(C)c1. The van der Waals surface area contributed by atoms with Gasteiger partial charge in [0.2, 0.25) is 10.0 Å². The van der Waals surface area contributed by atoms with Crippen molar-refractivity contribution < 1.29 is 12.8 Å². The Hall–Kier alpha value is -2.18. The summed E-state index contributed by atoms with van der Waals surface area (Å²) in [5, 5.41) is 0.765. The first kappa shape index (κ1) is 18.6. The van der Waals surface area contributed by atoms with E-state index in [1.807, 2.05) is 33.0 Å². The maximum absolute atomic E-state index is 13.6. The van der Waals surface area contributed by atoms with E-state index in [9.17, 15) is 12.8 Å². The van der Waals surface area contributed by atoms with Crippen molar-refractivity contribution in [2.24, 2.45) is 0 Å². The Labute approximate surface area is 153 Å². The number of aromatic amines is 1. The minimum atomic E-state index is -3.63. The molecule has 0 fully saturated rings. The van der Waals surface area contributed by atoms with Gasteiger partial charge in [-0.05, 0) is 49.2 Å². The second-order valence-corrected chi connectivity index (χ2v) is 9.11. The Morgan fingerprint density at radius 1 is 1.12 bits per heavy atom. The van der Waals surface area contributed by atoms with E-state index in [4.69, 9.17) is 0 Å². The highest BCUT2D eigenvalue weighted by Gasteiger charge is 2.27. The lowest BCUT2D eigenvalue weighted by Crippen LogP contribution is -2.36. The Kier molecular flexibility index (Phi) is 4.67. The van der Waals surface area contributed by atoms with E-state index in [0.717, 1.165) is 22.0 Å². The summed E-state index contributed by atoms with van der Waals surface area (Å²) in [4.78, 5) is 3.40. The standard InChI is InChI=1S/C20H23FN2O2S/c1-13-5-8-19(14(2)9-13)26(24,25)23-12-20(3,4)17-11-22-18-7-6-15(21)10-16(17)18/h5-11,22-23H,12H2,1-4H3. The Morgan fingerprint density at radius 2 is 1.85 bits per heavy atom. The minimum Gasteiger partial charge on any atom is -0.361 e. The number of sulfonamides is 1. The number of nitrogens with one attached hydrogen (secondary N) is 2. The predicted octanol–water partition coefficient (Wildman–Crippen LogP) is 4.18.